The molecule has 23 heavy (non-hydrogen) atoms. The van der Waals surface area contributed by atoms with Crippen molar-refractivity contribution in [3.05, 3.63) is 60.5 Å². The Balaban J connectivity index is 1.81. The van der Waals surface area contributed by atoms with E-state index in [0.717, 1.165) is 27.8 Å². The number of fused-ring (bicyclic) bond motifs is 1. The molecule has 4 aromatic rings. The Bertz CT molecular complexity index is 967. The Kier molecular flexibility index (Phi) is 3.36. The van der Waals surface area contributed by atoms with Crippen LogP contribution in [-0.4, -0.2) is 24.9 Å². The highest BCUT2D eigenvalue weighted by atomic mass is 35.5. The summed E-state index contributed by atoms with van der Waals surface area (Å²) in [5.74, 6) is 0.695. The summed E-state index contributed by atoms with van der Waals surface area (Å²) in [5.41, 5.74) is 3.56. The van der Waals surface area contributed by atoms with E-state index in [2.05, 4.69) is 30.2 Å². The van der Waals surface area contributed by atoms with Crippen LogP contribution < -0.4 is 5.32 Å². The van der Waals surface area contributed by atoms with Gasteiger partial charge in [-0.1, -0.05) is 17.7 Å². The number of pyridine rings is 1. The quantitative estimate of drug-likeness (QED) is 0.599. The number of nitrogens with zero attached hydrogens (tertiary/aromatic N) is 4. The van der Waals surface area contributed by atoms with Gasteiger partial charge in [-0.05, 0) is 18.2 Å². The number of hydrogen-bond acceptors (Lipinski definition) is 5. The summed E-state index contributed by atoms with van der Waals surface area (Å²) in [6.45, 7) is 0. The molecule has 0 fully saturated rings. The van der Waals surface area contributed by atoms with Crippen molar-refractivity contribution in [2.24, 2.45) is 0 Å². The predicted octanol–water partition coefficient (Wildman–Crippen LogP) is 3.81. The van der Waals surface area contributed by atoms with Crippen molar-refractivity contribution in [1.82, 2.24) is 24.9 Å². The Labute approximate surface area is 136 Å². The molecule has 3 heterocycles. The van der Waals surface area contributed by atoms with Crippen LogP contribution in [0.2, 0.25) is 5.02 Å². The van der Waals surface area contributed by atoms with Crippen molar-refractivity contribution < 1.29 is 0 Å². The van der Waals surface area contributed by atoms with Crippen molar-refractivity contribution in [1.29, 1.82) is 0 Å². The lowest BCUT2D eigenvalue weighted by Crippen LogP contribution is -1.96. The van der Waals surface area contributed by atoms with E-state index in [0.29, 0.717) is 10.8 Å². The van der Waals surface area contributed by atoms with Gasteiger partial charge in [0.2, 0.25) is 0 Å². The number of aromatic nitrogens is 5. The maximum Gasteiger partial charge on any atom is 0.141 e. The Hall–Kier alpha value is -2.99. The van der Waals surface area contributed by atoms with Crippen LogP contribution in [0.1, 0.15) is 0 Å². The normalized spacial score (nSPS) is 10.8. The van der Waals surface area contributed by atoms with E-state index >= 15 is 0 Å². The molecule has 7 heteroatoms. The largest absolute Gasteiger partial charge is 0.345 e. The summed E-state index contributed by atoms with van der Waals surface area (Å²) in [4.78, 5) is 19.9. The van der Waals surface area contributed by atoms with Crippen LogP contribution in [0.4, 0.5) is 11.5 Å². The zero-order valence-corrected chi connectivity index (χ0v) is 12.6. The number of nitrogens with one attached hydrogen (secondary N) is 2. The van der Waals surface area contributed by atoms with E-state index in [1.54, 1.807) is 31.0 Å². The van der Waals surface area contributed by atoms with Gasteiger partial charge in [-0.15, -0.1) is 0 Å². The number of benzene rings is 1. The topological polar surface area (TPSA) is 79.4 Å². The van der Waals surface area contributed by atoms with Gasteiger partial charge in [0.15, 0.2) is 0 Å². The molecule has 0 aliphatic carbocycles. The van der Waals surface area contributed by atoms with E-state index in [9.17, 15) is 0 Å². The van der Waals surface area contributed by atoms with Gasteiger partial charge in [0.05, 0.1) is 40.6 Å². The monoisotopic (exact) mass is 322 g/mol. The van der Waals surface area contributed by atoms with Gasteiger partial charge >= 0.3 is 0 Å². The van der Waals surface area contributed by atoms with Crippen LogP contribution >= 0.6 is 11.6 Å². The zero-order chi connectivity index (χ0) is 15.6. The molecule has 0 aliphatic heterocycles. The highest BCUT2D eigenvalue weighted by Gasteiger charge is 2.07. The first kappa shape index (κ1) is 13.7. The van der Waals surface area contributed by atoms with Gasteiger partial charge in [-0.3, -0.25) is 4.98 Å². The molecule has 1 aromatic carbocycles. The number of aromatic amines is 1. The van der Waals surface area contributed by atoms with Crippen molar-refractivity contribution >= 4 is 34.0 Å². The lowest BCUT2D eigenvalue weighted by atomic mass is 10.1. The van der Waals surface area contributed by atoms with Crippen molar-refractivity contribution in [2.75, 3.05) is 5.32 Å². The van der Waals surface area contributed by atoms with Gasteiger partial charge in [-0.25, -0.2) is 15.0 Å². The average Bonchev–Trinajstić information content (AvgIpc) is 3.09. The molecule has 0 spiro atoms. The first-order valence-corrected chi connectivity index (χ1v) is 7.28. The number of hydrogen-bond donors (Lipinski definition) is 2. The number of H-pyrrole nitrogens is 1. The fourth-order valence-electron chi connectivity index (χ4n) is 2.35. The fraction of sp³-hybridized carbons (Fsp3) is 0. The predicted molar refractivity (Wildman–Crippen MR) is 89.6 cm³/mol. The molecule has 3 aromatic heterocycles. The van der Waals surface area contributed by atoms with Crippen molar-refractivity contribution in [3.8, 4) is 11.3 Å². The molecule has 0 aliphatic rings. The van der Waals surface area contributed by atoms with Crippen LogP contribution in [0.15, 0.2) is 55.5 Å². The zero-order valence-electron chi connectivity index (χ0n) is 11.9. The summed E-state index contributed by atoms with van der Waals surface area (Å²) < 4.78 is 0. The summed E-state index contributed by atoms with van der Waals surface area (Å²) >= 11 is 5.98. The summed E-state index contributed by atoms with van der Waals surface area (Å²) in [6, 6.07) is 7.76. The molecule has 0 saturated carbocycles. The fourth-order valence-corrected chi connectivity index (χ4v) is 2.53. The maximum atomic E-state index is 5.98. The van der Waals surface area contributed by atoms with Crippen LogP contribution in [0.5, 0.6) is 0 Å². The highest BCUT2D eigenvalue weighted by Crippen LogP contribution is 2.27. The minimum atomic E-state index is 0.562. The van der Waals surface area contributed by atoms with Crippen LogP contribution in [0.3, 0.4) is 0 Å². The summed E-state index contributed by atoms with van der Waals surface area (Å²) in [6.07, 6.45) is 8.23. The third kappa shape index (κ3) is 2.72. The molecular formula is C16H11ClN6. The van der Waals surface area contributed by atoms with Crippen LogP contribution in [0, 0.1) is 0 Å². The lowest BCUT2D eigenvalue weighted by molar-refractivity contribution is 1.21. The maximum absolute atomic E-state index is 5.98. The van der Waals surface area contributed by atoms with E-state index < -0.39 is 0 Å². The molecule has 6 nitrogen and oxygen atoms in total. The third-order valence-corrected chi connectivity index (χ3v) is 3.62. The van der Waals surface area contributed by atoms with E-state index in [1.807, 2.05) is 18.2 Å². The second kappa shape index (κ2) is 5.66. The minimum Gasteiger partial charge on any atom is -0.345 e. The lowest BCUT2D eigenvalue weighted by Gasteiger charge is -2.09. The number of halogens is 1. The third-order valence-electron chi connectivity index (χ3n) is 3.41. The molecule has 0 amide bonds. The highest BCUT2D eigenvalue weighted by molar-refractivity contribution is 6.30. The first-order valence-electron chi connectivity index (χ1n) is 6.91. The molecule has 112 valence electrons. The molecule has 0 radical (unpaired) electrons. The SMILES string of the molecule is Clc1cncc(Nc2ncnc3ccc(-c4cnc[nH]4)cc23)c1. The van der Waals surface area contributed by atoms with Crippen LogP contribution in [-0.2, 0) is 0 Å². The van der Waals surface area contributed by atoms with Crippen molar-refractivity contribution in [3.63, 3.8) is 0 Å². The van der Waals surface area contributed by atoms with Gasteiger partial charge < -0.3 is 10.3 Å². The average molecular weight is 323 g/mol. The molecule has 4 rings (SSSR count). The van der Waals surface area contributed by atoms with Crippen molar-refractivity contribution in [2.45, 2.75) is 0 Å². The Morgan fingerprint density at radius 2 is 1.96 bits per heavy atom. The number of imidazole rings is 1. The second-order valence-corrected chi connectivity index (χ2v) is 5.37. The molecular weight excluding hydrogens is 312 g/mol. The molecule has 2 N–H and O–H groups in total. The van der Waals surface area contributed by atoms with E-state index in [1.165, 1.54) is 6.33 Å². The van der Waals surface area contributed by atoms with Gasteiger partial charge in [0, 0.05) is 17.1 Å². The van der Waals surface area contributed by atoms with E-state index in [4.69, 9.17) is 11.6 Å². The van der Waals surface area contributed by atoms with Crippen LogP contribution in [0.25, 0.3) is 22.2 Å². The second-order valence-electron chi connectivity index (χ2n) is 4.94. The Morgan fingerprint density at radius 1 is 1.00 bits per heavy atom. The molecule has 0 unspecified atom stereocenters. The van der Waals surface area contributed by atoms with Gasteiger partial charge in [-0.2, -0.15) is 0 Å². The molecule has 0 bridgehead atoms. The minimum absolute atomic E-state index is 0.562. The summed E-state index contributed by atoms with van der Waals surface area (Å²) in [5, 5.41) is 4.70. The first-order chi connectivity index (χ1) is 11.3. The van der Waals surface area contributed by atoms with Gasteiger partial charge in [0.25, 0.3) is 0 Å². The van der Waals surface area contributed by atoms with E-state index in [-0.39, 0.29) is 0 Å². The summed E-state index contributed by atoms with van der Waals surface area (Å²) in [7, 11) is 0. The smallest absolute Gasteiger partial charge is 0.141 e. The Morgan fingerprint density at radius 3 is 2.78 bits per heavy atom. The van der Waals surface area contributed by atoms with Gasteiger partial charge in [0.1, 0.15) is 12.1 Å². The number of anilines is 2. The standard InChI is InChI=1S/C16H11ClN6/c17-11-4-12(6-18-5-11)23-16-13-3-10(15-7-19-8-20-15)1-2-14(13)21-9-22-16/h1-9H,(H,19,20)(H,21,22,23). The number of rotatable bonds is 3. The molecule has 0 atom stereocenters. The molecule has 0 saturated heterocycles.